The topological polar surface area (TPSA) is 49.3 Å². The fraction of sp³-hybridized carbons (Fsp3) is 0.533. The summed E-state index contributed by atoms with van der Waals surface area (Å²) in [5.41, 5.74) is 1.55. The molecule has 1 aliphatic rings. The van der Waals surface area contributed by atoms with E-state index >= 15 is 0 Å². The maximum absolute atomic E-state index is 12.1. The Morgan fingerprint density at radius 3 is 3.00 bits per heavy atom. The lowest BCUT2D eigenvalue weighted by molar-refractivity contribution is 0.0873. The molecule has 1 amide bonds. The van der Waals surface area contributed by atoms with Crippen LogP contribution >= 0.6 is 11.6 Å². The predicted octanol–water partition coefficient (Wildman–Crippen LogP) is 2.93. The van der Waals surface area contributed by atoms with Crippen LogP contribution in [-0.2, 0) is 0 Å². The summed E-state index contributed by atoms with van der Waals surface area (Å²) >= 11 is 5.92. The first kappa shape index (κ1) is 14.4. The molecule has 19 heavy (non-hydrogen) atoms. The van der Waals surface area contributed by atoms with E-state index in [1.165, 1.54) is 0 Å². The Morgan fingerprint density at radius 2 is 2.26 bits per heavy atom. The van der Waals surface area contributed by atoms with Crippen molar-refractivity contribution in [2.45, 2.75) is 38.7 Å². The van der Waals surface area contributed by atoms with E-state index in [1.807, 2.05) is 13.0 Å². The van der Waals surface area contributed by atoms with Gasteiger partial charge in [0.2, 0.25) is 0 Å². The lowest BCUT2D eigenvalue weighted by Crippen LogP contribution is -2.33. The van der Waals surface area contributed by atoms with Gasteiger partial charge in [0.25, 0.3) is 5.91 Å². The largest absolute Gasteiger partial charge is 0.393 e. The fourth-order valence-electron chi connectivity index (χ4n) is 2.62. The van der Waals surface area contributed by atoms with Crippen molar-refractivity contribution in [1.82, 2.24) is 5.32 Å². The van der Waals surface area contributed by atoms with Crippen LogP contribution < -0.4 is 5.32 Å². The van der Waals surface area contributed by atoms with Gasteiger partial charge in [-0.15, -0.1) is 0 Å². The molecule has 0 spiro atoms. The Hall–Kier alpha value is -1.06. The average Bonchev–Trinajstić information content (AvgIpc) is 2.39. The molecular weight excluding hydrogens is 262 g/mol. The number of rotatable bonds is 3. The van der Waals surface area contributed by atoms with Crippen LogP contribution in [0.15, 0.2) is 18.2 Å². The molecular formula is C15H20ClNO2. The highest BCUT2D eigenvalue weighted by Gasteiger charge is 2.21. The van der Waals surface area contributed by atoms with Gasteiger partial charge in [-0.05, 0) is 49.8 Å². The highest BCUT2D eigenvalue weighted by molar-refractivity contribution is 6.31. The summed E-state index contributed by atoms with van der Waals surface area (Å²) in [6, 6.07) is 5.33. The normalized spacial score (nSPS) is 23.1. The van der Waals surface area contributed by atoms with Gasteiger partial charge in [-0.1, -0.05) is 24.1 Å². The van der Waals surface area contributed by atoms with Crippen LogP contribution in [0.3, 0.4) is 0 Å². The molecule has 4 heteroatoms. The van der Waals surface area contributed by atoms with Gasteiger partial charge in [-0.25, -0.2) is 0 Å². The van der Waals surface area contributed by atoms with E-state index in [-0.39, 0.29) is 12.0 Å². The second-order valence-corrected chi connectivity index (χ2v) is 5.79. The molecule has 0 saturated heterocycles. The Morgan fingerprint density at radius 1 is 1.47 bits per heavy atom. The minimum Gasteiger partial charge on any atom is -0.393 e. The molecule has 2 N–H and O–H groups in total. The Balaban J connectivity index is 1.92. The molecule has 1 aliphatic carbocycles. The maximum Gasteiger partial charge on any atom is 0.251 e. The zero-order chi connectivity index (χ0) is 13.8. The van der Waals surface area contributed by atoms with Crippen LogP contribution in [0.25, 0.3) is 0 Å². The molecule has 0 aromatic heterocycles. The average molecular weight is 282 g/mol. The number of aryl methyl sites for hydroxylation is 1. The first-order chi connectivity index (χ1) is 9.06. The zero-order valence-electron chi connectivity index (χ0n) is 11.2. The van der Waals surface area contributed by atoms with Crippen LogP contribution in [0.1, 0.15) is 41.6 Å². The molecule has 0 heterocycles. The number of aliphatic hydroxyl groups is 1. The number of amides is 1. The van der Waals surface area contributed by atoms with Crippen molar-refractivity contribution in [2.24, 2.45) is 5.92 Å². The summed E-state index contributed by atoms with van der Waals surface area (Å²) in [6.45, 7) is 2.53. The van der Waals surface area contributed by atoms with Gasteiger partial charge in [-0.2, -0.15) is 0 Å². The Bertz CT molecular complexity index is 461. The third-order valence-electron chi connectivity index (χ3n) is 3.75. The van der Waals surface area contributed by atoms with E-state index in [9.17, 15) is 9.90 Å². The van der Waals surface area contributed by atoms with E-state index in [2.05, 4.69) is 5.32 Å². The second kappa shape index (κ2) is 6.40. The summed E-state index contributed by atoms with van der Waals surface area (Å²) in [4.78, 5) is 12.1. The number of halogens is 1. The van der Waals surface area contributed by atoms with Crippen LogP contribution in [-0.4, -0.2) is 23.7 Å². The summed E-state index contributed by atoms with van der Waals surface area (Å²) in [5.74, 6) is 0.298. The number of hydrogen-bond donors (Lipinski definition) is 2. The lowest BCUT2D eigenvalue weighted by Gasteiger charge is -2.26. The van der Waals surface area contributed by atoms with Crippen molar-refractivity contribution in [1.29, 1.82) is 0 Å². The zero-order valence-corrected chi connectivity index (χ0v) is 11.9. The Labute approximate surface area is 119 Å². The van der Waals surface area contributed by atoms with E-state index in [0.29, 0.717) is 23.0 Å². The summed E-state index contributed by atoms with van der Waals surface area (Å²) in [6.07, 6.45) is 3.58. The van der Waals surface area contributed by atoms with Crippen LogP contribution in [0, 0.1) is 12.8 Å². The van der Waals surface area contributed by atoms with E-state index in [1.54, 1.807) is 12.1 Å². The standard InChI is InChI=1S/C15H20ClNO2/c1-10-5-6-12(16)8-14(10)15(19)17-9-11-3-2-4-13(18)7-11/h5-6,8,11,13,18H,2-4,7,9H2,1H3,(H,17,19). The third kappa shape index (κ3) is 3.95. The maximum atomic E-state index is 12.1. The smallest absolute Gasteiger partial charge is 0.251 e. The molecule has 3 nitrogen and oxygen atoms in total. The van der Waals surface area contributed by atoms with E-state index < -0.39 is 0 Å². The van der Waals surface area contributed by atoms with Crippen molar-refractivity contribution in [3.05, 3.63) is 34.3 Å². The van der Waals surface area contributed by atoms with Gasteiger partial charge in [0.15, 0.2) is 0 Å². The highest BCUT2D eigenvalue weighted by Crippen LogP contribution is 2.23. The molecule has 0 radical (unpaired) electrons. The van der Waals surface area contributed by atoms with Crippen molar-refractivity contribution < 1.29 is 9.90 Å². The number of hydrogen-bond acceptors (Lipinski definition) is 2. The highest BCUT2D eigenvalue weighted by atomic mass is 35.5. The number of aliphatic hydroxyl groups excluding tert-OH is 1. The fourth-order valence-corrected chi connectivity index (χ4v) is 2.79. The minimum atomic E-state index is -0.205. The quantitative estimate of drug-likeness (QED) is 0.895. The number of carbonyl (C=O) groups is 1. The van der Waals surface area contributed by atoms with Crippen molar-refractivity contribution in [3.63, 3.8) is 0 Å². The monoisotopic (exact) mass is 281 g/mol. The summed E-state index contributed by atoms with van der Waals surface area (Å²) in [5, 5.41) is 13.1. The lowest BCUT2D eigenvalue weighted by atomic mass is 9.87. The van der Waals surface area contributed by atoms with Crippen LogP contribution in [0.5, 0.6) is 0 Å². The van der Waals surface area contributed by atoms with Gasteiger partial charge in [0.05, 0.1) is 6.10 Å². The van der Waals surface area contributed by atoms with Gasteiger partial charge in [-0.3, -0.25) is 4.79 Å². The van der Waals surface area contributed by atoms with Gasteiger partial charge < -0.3 is 10.4 Å². The molecule has 2 atom stereocenters. The summed E-state index contributed by atoms with van der Waals surface area (Å²) in [7, 11) is 0. The summed E-state index contributed by atoms with van der Waals surface area (Å²) < 4.78 is 0. The Kier molecular flexibility index (Phi) is 4.83. The second-order valence-electron chi connectivity index (χ2n) is 5.36. The number of nitrogens with one attached hydrogen (secondary N) is 1. The van der Waals surface area contributed by atoms with E-state index in [4.69, 9.17) is 11.6 Å². The van der Waals surface area contributed by atoms with Crippen LogP contribution in [0.4, 0.5) is 0 Å². The van der Waals surface area contributed by atoms with E-state index in [0.717, 1.165) is 31.2 Å². The van der Waals surface area contributed by atoms with Crippen LogP contribution in [0.2, 0.25) is 5.02 Å². The molecule has 104 valence electrons. The van der Waals surface area contributed by atoms with Crippen molar-refractivity contribution in [2.75, 3.05) is 6.54 Å². The number of carbonyl (C=O) groups excluding carboxylic acids is 1. The molecule has 0 aliphatic heterocycles. The molecule has 1 saturated carbocycles. The van der Waals surface area contributed by atoms with Crippen molar-refractivity contribution in [3.8, 4) is 0 Å². The van der Waals surface area contributed by atoms with Gasteiger partial charge in [0.1, 0.15) is 0 Å². The minimum absolute atomic E-state index is 0.0833. The van der Waals surface area contributed by atoms with Gasteiger partial charge in [0, 0.05) is 17.1 Å². The molecule has 2 unspecified atom stereocenters. The molecule has 1 aromatic carbocycles. The number of benzene rings is 1. The predicted molar refractivity (Wildman–Crippen MR) is 76.5 cm³/mol. The van der Waals surface area contributed by atoms with Gasteiger partial charge >= 0.3 is 0 Å². The van der Waals surface area contributed by atoms with Crippen molar-refractivity contribution >= 4 is 17.5 Å². The SMILES string of the molecule is Cc1ccc(Cl)cc1C(=O)NCC1CCCC(O)C1. The molecule has 1 fully saturated rings. The molecule has 0 bridgehead atoms. The molecule has 2 rings (SSSR count). The first-order valence-electron chi connectivity index (χ1n) is 6.78. The first-order valence-corrected chi connectivity index (χ1v) is 7.16. The molecule has 1 aromatic rings. The third-order valence-corrected chi connectivity index (χ3v) is 3.99.